The van der Waals surface area contributed by atoms with Gasteiger partial charge in [-0.3, -0.25) is 9.69 Å². The molecule has 0 radical (unpaired) electrons. The zero-order chi connectivity index (χ0) is 22.8. The number of fused-ring (bicyclic) bond motifs is 1. The number of carbonyl (C=O) groups excluding carboxylic acids is 2. The minimum Gasteiger partial charge on any atom is -0.486 e. The van der Waals surface area contributed by atoms with Crippen molar-refractivity contribution >= 4 is 11.9 Å². The largest absolute Gasteiger partial charge is 0.486 e. The molecule has 1 saturated heterocycles. The lowest BCUT2D eigenvalue weighted by molar-refractivity contribution is -0.131. The fourth-order valence-electron chi connectivity index (χ4n) is 4.43. The number of hydrogen-bond donors (Lipinski definition) is 1. The molecule has 7 nitrogen and oxygen atoms in total. The van der Waals surface area contributed by atoms with E-state index >= 15 is 0 Å². The molecule has 5 rings (SSSR count). The molecule has 0 unspecified atom stereocenters. The third kappa shape index (κ3) is 3.81. The first-order valence-electron chi connectivity index (χ1n) is 10.9. The van der Waals surface area contributed by atoms with Gasteiger partial charge in [-0.1, -0.05) is 66.7 Å². The van der Waals surface area contributed by atoms with E-state index in [1.54, 1.807) is 0 Å². The van der Waals surface area contributed by atoms with Crippen molar-refractivity contribution in [3.05, 3.63) is 95.6 Å². The summed E-state index contributed by atoms with van der Waals surface area (Å²) in [5, 5.41) is 2.98. The molecule has 0 bridgehead atoms. The normalized spacial score (nSPS) is 16.7. The van der Waals surface area contributed by atoms with Crippen molar-refractivity contribution in [3.8, 4) is 11.5 Å². The molecule has 1 fully saturated rings. The molecule has 0 spiro atoms. The highest BCUT2D eigenvalue weighted by Crippen LogP contribution is 2.36. The third-order valence-corrected chi connectivity index (χ3v) is 5.96. The quantitative estimate of drug-likeness (QED) is 0.592. The number of amides is 3. The molecule has 168 valence electrons. The number of hydrogen-bond acceptors (Lipinski definition) is 5. The fraction of sp³-hybridized carbons (Fsp3) is 0.231. The SMILES string of the molecule is CN(Cc1ccc2c(c1)OCCO2)CN1C(=O)NC(c2ccccc2)(c2ccccc2)C1=O. The third-order valence-electron chi connectivity index (χ3n) is 5.96. The molecular formula is C26H25N3O4. The van der Waals surface area contributed by atoms with Crippen LogP contribution in [0, 0.1) is 0 Å². The summed E-state index contributed by atoms with van der Waals surface area (Å²) in [6, 6.07) is 24.1. The number of urea groups is 1. The number of nitrogens with zero attached hydrogens (tertiary/aromatic N) is 2. The summed E-state index contributed by atoms with van der Waals surface area (Å²) in [5.74, 6) is 1.16. The minimum absolute atomic E-state index is 0.153. The second kappa shape index (κ2) is 8.60. The molecule has 0 aliphatic carbocycles. The molecule has 3 amide bonds. The van der Waals surface area contributed by atoms with Crippen molar-refractivity contribution in [2.24, 2.45) is 0 Å². The summed E-state index contributed by atoms with van der Waals surface area (Å²) in [7, 11) is 1.88. The number of ether oxygens (including phenoxy) is 2. The van der Waals surface area contributed by atoms with Gasteiger partial charge in [0.25, 0.3) is 5.91 Å². The van der Waals surface area contributed by atoms with Crippen LogP contribution >= 0.6 is 0 Å². The lowest BCUT2D eigenvalue weighted by Gasteiger charge is -2.29. The highest BCUT2D eigenvalue weighted by atomic mass is 16.6. The van der Waals surface area contributed by atoms with E-state index in [2.05, 4.69) is 5.32 Å². The molecule has 0 atom stereocenters. The van der Waals surface area contributed by atoms with Gasteiger partial charge in [-0.2, -0.15) is 0 Å². The predicted octanol–water partition coefficient (Wildman–Crippen LogP) is 3.34. The Bertz CT molecular complexity index is 1130. The molecule has 7 heteroatoms. The first kappa shape index (κ1) is 21.0. The molecule has 3 aromatic carbocycles. The zero-order valence-corrected chi connectivity index (χ0v) is 18.4. The van der Waals surface area contributed by atoms with Gasteiger partial charge >= 0.3 is 6.03 Å². The standard InChI is InChI=1S/C26H25N3O4/c1-28(17-19-12-13-22-23(16-19)33-15-14-32-22)18-29-24(30)26(27-25(29)31,20-8-4-2-5-9-20)21-10-6-3-7-11-21/h2-13,16H,14-15,17-18H2,1H3,(H,27,31). The van der Waals surface area contributed by atoms with Gasteiger partial charge in [0.2, 0.25) is 0 Å². The molecule has 33 heavy (non-hydrogen) atoms. The van der Waals surface area contributed by atoms with Crippen LogP contribution in [0.3, 0.4) is 0 Å². The smallest absolute Gasteiger partial charge is 0.326 e. The van der Waals surface area contributed by atoms with Gasteiger partial charge in [0.15, 0.2) is 17.0 Å². The van der Waals surface area contributed by atoms with Crippen molar-refractivity contribution in [3.63, 3.8) is 0 Å². The van der Waals surface area contributed by atoms with Crippen LogP contribution in [-0.4, -0.2) is 48.7 Å². The number of rotatable bonds is 6. The molecule has 0 aromatic heterocycles. The summed E-state index contributed by atoms with van der Waals surface area (Å²) in [4.78, 5) is 30.1. The van der Waals surface area contributed by atoms with Gasteiger partial charge in [0, 0.05) is 6.54 Å². The van der Waals surface area contributed by atoms with Gasteiger partial charge < -0.3 is 14.8 Å². The summed E-state index contributed by atoms with van der Waals surface area (Å²) in [5.41, 5.74) is 1.21. The molecule has 1 N–H and O–H groups in total. The van der Waals surface area contributed by atoms with E-state index in [0.29, 0.717) is 25.5 Å². The first-order valence-corrected chi connectivity index (χ1v) is 10.9. The Balaban J connectivity index is 1.39. The minimum atomic E-state index is -1.25. The Morgan fingerprint density at radius 1 is 0.879 bits per heavy atom. The Hall–Kier alpha value is -3.84. The zero-order valence-electron chi connectivity index (χ0n) is 18.4. The predicted molar refractivity (Wildman–Crippen MR) is 123 cm³/mol. The second-order valence-corrected chi connectivity index (χ2v) is 8.28. The highest BCUT2D eigenvalue weighted by molar-refractivity contribution is 6.09. The van der Waals surface area contributed by atoms with Crippen LogP contribution in [0.4, 0.5) is 4.79 Å². The summed E-state index contributed by atoms with van der Waals surface area (Å²) in [6.07, 6.45) is 0. The van der Waals surface area contributed by atoms with Crippen molar-refractivity contribution in [2.45, 2.75) is 12.1 Å². The molecular weight excluding hydrogens is 418 g/mol. The van der Waals surface area contributed by atoms with Crippen LogP contribution in [0.1, 0.15) is 16.7 Å². The highest BCUT2D eigenvalue weighted by Gasteiger charge is 2.53. The monoisotopic (exact) mass is 443 g/mol. The van der Waals surface area contributed by atoms with Gasteiger partial charge in [0.05, 0.1) is 6.67 Å². The van der Waals surface area contributed by atoms with E-state index in [0.717, 1.165) is 22.4 Å². The Kier molecular flexibility index (Phi) is 5.48. The van der Waals surface area contributed by atoms with Gasteiger partial charge in [-0.05, 0) is 35.9 Å². The second-order valence-electron chi connectivity index (χ2n) is 8.28. The number of benzene rings is 3. The number of imide groups is 1. The van der Waals surface area contributed by atoms with Crippen LogP contribution in [0.2, 0.25) is 0 Å². The fourth-order valence-corrected chi connectivity index (χ4v) is 4.43. The molecule has 3 aromatic rings. The van der Waals surface area contributed by atoms with Gasteiger partial charge in [-0.25, -0.2) is 9.69 Å². The molecule has 0 saturated carbocycles. The van der Waals surface area contributed by atoms with Crippen LogP contribution in [0.5, 0.6) is 11.5 Å². The van der Waals surface area contributed by atoms with Gasteiger partial charge in [0.1, 0.15) is 13.2 Å². The van der Waals surface area contributed by atoms with E-state index < -0.39 is 11.6 Å². The Morgan fingerprint density at radius 2 is 1.48 bits per heavy atom. The maximum atomic E-state index is 13.8. The van der Waals surface area contributed by atoms with Crippen molar-refractivity contribution in [1.29, 1.82) is 0 Å². The number of carbonyl (C=O) groups is 2. The molecule has 2 aliphatic heterocycles. The van der Waals surface area contributed by atoms with Crippen LogP contribution < -0.4 is 14.8 Å². The van der Waals surface area contributed by atoms with Crippen LogP contribution in [0.15, 0.2) is 78.9 Å². The van der Waals surface area contributed by atoms with Crippen molar-refractivity contribution < 1.29 is 19.1 Å². The maximum absolute atomic E-state index is 13.8. The summed E-state index contributed by atoms with van der Waals surface area (Å²) < 4.78 is 11.2. The van der Waals surface area contributed by atoms with Crippen molar-refractivity contribution in [1.82, 2.24) is 15.1 Å². The Morgan fingerprint density at radius 3 is 2.12 bits per heavy atom. The van der Waals surface area contributed by atoms with Gasteiger partial charge in [-0.15, -0.1) is 0 Å². The topological polar surface area (TPSA) is 71.1 Å². The maximum Gasteiger partial charge on any atom is 0.326 e. The summed E-state index contributed by atoms with van der Waals surface area (Å²) in [6.45, 7) is 1.76. The average Bonchev–Trinajstić information content (AvgIpc) is 3.10. The van der Waals surface area contributed by atoms with Crippen LogP contribution in [-0.2, 0) is 16.9 Å². The van der Waals surface area contributed by atoms with Crippen molar-refractivity contribution in [2.75, 3.05) is 26.9 Å². The van der Waals surface area contributed by atoms with E-state index in [4.69, 9.17) is 9.47 Å². The lowest BCUT2D eigenvalue weighted by atomic mass is 9.83. The van der Waals surface area contributed by atoms with Crippen LogP contribution in [0.25, 0.3) is 0 Å². The van der Waals surface area contributed by atoms with E-state index in [1.165, 1.54) is 4.90 Å². The number of nitrogens with one attached hydrogen (secondary N) is 1. The molecule has 2 heterocycles. The molecule has 2 aliphatic rings. The van der Waals surface area contributed by atoms with E-state index in [-0.39, 0.29) is 12.6 Å². The van der Waals surface area contributed by atoms with E-state index in [1.807, 2.05) is 90.8 Å². The average molecular weight is 444 g/mol. The Labute approximate surface area is 192 Å². The summed E-state index contributed by atoms with van der Waals surface area (Å²) >= 11 is 0. The van der Waals surface area contributed by atoms with E-state index in [9.17, 15) is 9.59 Å². The lowest BCUT2D eigenvalue weighted by Crippen LogP contribution is -2.46. The first-order chi connectivity index (χ1) is 16.1.